The summed E-state index contributed by atoms with van der Waals surface area (Å²) in [4.78, 5) is 0. The SMILES string of the molecule is Cc1ccccc1CNc1cc(-n2cnnn2)ccc1F. The Hall–Kier alpha value is -2.76. The monoisotopic (exact) mass is 283 g/mol. The third-order valence-corrected chi connectivity index (χ3v) is 3.29. The van der Waals surface area contributed by atoms with Crippen molar-refractivity contribution in [3.05, 3.63) is 65.7 Å². The Morgan fingerprint density at radius 2 is 2.05 bits per heavy atom. The van der Waals surface area contributed by atoms with Crippen molar-refractivity contribution in [1.29, 1.82) is 0 Å². The van der Waals surface area contributed by atoms with Crippen molar-refractivity contribution < 1.29 is 4.39 Å². The fourth-order valence-corrected chi connectivity index (χ4v) is 2.07. The van der Waals surface area contributed by atoms with E-state index in [-0.39, 0.29) is 5.82 Å². The van der Waals surface area contributed by atoms with Gasteiger partial charge in [0.25, 0.3) is 0 Å². The Bertz CT molecular complexity index is 740. The molecular formula is C15H14FN5. The van der Waals surface area contributed by atoms with Gasteiger partial charge in [-0.3, -0.25) is 0 Å². The first-order valence-corrected chi connectivity index (χ1v) is 6.55. The molecule has 1 aromatic heterocycles. The van der Waals surface area contributed by atoms with E-state index in [1.54, 1.807) is 12.1 Å². The zero-order valence-electron chi connectivity index (χ0n) is 11.5. The number of hydrogen-bond acceptors (Lipinski definition) is 4. The van der Waals surface area contributed by atoms with Gasteiger partial charge in [0.05, 0.1) is 11.4 Å². The average molecular weight is 283 g/mol. The lowest BCUT2D eigenvalue weighted by Crippen LogP contribution is -2.04. The quantitative estimate of drug-likeness (QED) is 0.800. The van der Waals surface area contributed by atoms with Crippen LogP contribution in [0.3, 0.4) is 0 Å². The molecule has 0 bridgehead atoms. The maximum Gasteiger partial charge on any atom is 0.146 e. The fraction of sp³-hybridized carbons (Fsp3) is 0.133. The summed E-state index contributed by atoms with van der Waals surface area (Å²) in [5.41, 5.74) is 3.42. The van der Waals surface area contributed by atoms with Crippen LogP contribution in [0, 0.1) is 12.7 Å². The highest BCUT2D eigenvalue weighted by Gasteiger charge is 2.06. The molecule has 5 nitrogen and oxygen atoms in total. The van der Waals surface area contributed by atoms with Crippen molar-refractivity contribution in [3.63, 3.8) is 0 Å². The Labute approximate surface area is 121 Å². The van der Waals surface area contributed by atoms with E-state index in [0.29, 0.717) is 17.9 Å². The number of tetrazole rings is 1. The minimum atomic E-state index is -0.305. The van der Waals surface area contributed by atoms with Crippen LogP contribution >= 0.6 is 0 Å². The van der Waals surface area contributed by atoms with Crippen LogP contribution in [0.25, 0.3) is 5.69 Å². The second-order valence-corrected chi connectivity index (χ2v) is 4.70. The lowest BCUT2D eigenvalue weighted by Gasteiger charge is -2.11. The van der Waals surface area contributed by atoms with Gasteiger partial charge >= 0.3 is 0 Å². The van der Waals surface area contributed by atoms with Crippen LogP contribution in [0.1, 0.15) is 11.1 Å². The van der Waals surface area contributed by atoms with Crippen molar-refractivity contribution in [2.45, 2.75) is 13.5 Å². The number of aryl methyl sites for hydroxylation is 1. The maximum atomic E-state index is 13.9. The molecule has 0 saturated carbocycles. The number of hydrogen-bond donors (Lipinski definition) is 1. The Kier molecular flexibility index (Phi) is 3.59. The van der Waals surface area contributed by atoms with Gasteiger partial charge in [-0.2, -0.15) is 0 Å². The van der Waals surface area contributed by atoms with Gasteiger partial charge in [-0.15, -0.1) is 5.10 Å². The van der Waals surface area contributed by atoms with E-state index in [4.69, 9.17) is 0 Å². The molecule has 0 saturated heterocycles. The summed E-state index contributed by atoms with van der Waals surface area (Å²) in [5.74, 6) is -0.305. The number of anilines is 1. The first kappa shape index (κ1) is 13.2. The van der Waals surface area contributed by atoms with Crippen molar-refractivity contribution >= 4 is 5.69 Å². The van der Waals surface area contributed by atoms with Crippen molar-refractivity contribution in [3.8, 4) is 5.69 Å². The molecule has 0 spiro atoms. The first-order chi connectivity index (χ1) is 10.2. The smallest absolute Gasteiger partial charge is 0.146 e. The van der Waals surface area contributed by atoms with E-state index in [0.717, 1.165) is 5.56 Å². The van der Waals surface area contributed by atoms with Crippen LogP contribution in [0.15, 0.2) is 48.8 Å². The molecule has 0 aliphatic rings. The fourth-order valence-electron chi connectivity index (χ4n) is 2.07. The summed E-state index contributed by atoms with van der Waals surface area (Å²) < 4.78 is 15.4. The normalized spacial score (nSPS) is 10.6. The summed E-state index contributed by atoms with van der Waals surface area (Å²) in [6.45, 7) is 2.59. The number of halogens is 1. The molecule has 0 atom stereocenters. The molecule has 3 rings (SSSR count). The molecule has 0 radical (unpaired) electrons. The number of aromatic nitrogens is 4. The molecule has 106 valence electrons. The van der Waals surface area contributed by atoms with Crippen LogP contribution in [-0.4, -0.2) is 20.2 Å². The maximum absolute atomic E-state index is 13.9. The summed E-state index contributed by atoms with van der Waals surface area (Å²) in [6.07, 6.45) is 1.47. The Balaban J connectivity index is 1.82. The second-order valence-electron chi connectivity index (χ2n) is 4.70. The van der Waals surface area contributed by atoms with Crippen LogP contribution < -0.4 is 5.32 Å². The van der Waals surface area contributed by atoms with E-state index < -0.39 is 0 Å². The van der Waals surface area contributed by atoms with Gasteiger partial charge in [0.2, 0.25) is 0 Å². The predicted octanol–water partition coefficient (Wildman–Crippen LogP) is 2.72. The predicted molar refractivity (Wildman–Crippen MR) is 77.6 cm³/mol. The average Bonchev–Trinajstić information content (AvgIpc) is 3.02. The van der Waals surface area contributed by atoms with Crippen LogP contribution in [-0.2, 0) is 6.54 Å². The molecule has 0 fully saturated rings. The molecule has 0 aliphatic heterocycles. The Morgan fingerprint density at radius 1 is 1.19 bits per heavy atom. The van der Waals surface area contributed by atoms with Crippen molar-refractivity contribution in [2.24, 2.45) is 0 Å². The van der Waals surface area contributed by atoms with Crippen LogP contribution in [0.2, 0.25) is 0 Å². The lowest BCUT2D eigenvalue weighted by atomic mass is 10.1. The van der Waals surface area contributed by atoms with Crippen LogP contribution in [0.4, 0.5) is 10.1 Å². The lowest BCUT2D eigenvalue weighted by molar-refractivity contribution is 0.629. The van der Waals surface area contributed by atoms with Gasteiger partial charge in [0.1, 0.15) is 12.1 Å². The molecule has 2 aromatic carbocycles. The van der Waals surface area contributed by atoms with Gasteiger partial charge in [0, 0.05) is 6.54 Å². The molecule has 1 heterocycles. The van der Waals surface area contributed by atoms with E-state index in [9.17, 15) is 4.39 Å². The van der Waals surface area contributed by atoms with E-state index in [1.165, 1.54) is 22.6 Å². The molecule has 0 amide bonds. The van der Waals surface area contributed by atoms with Gasteiger partial charge in [-0.25, -0.2) is 9.07 Å². The summed E-state index contributed by atoms with van der Waals surface area (Å²) in [5, 5.41) is 14.1. The largest absolute Gasteiger partial charge is 0.379 e. The number of nitrogens with one attached hydrogen (secondary N) is 1. The summed E-state index contributed by atoms with van der Waals surface area (Å²) in [6, 6.07) is 12.7. The van der Waals surface area contributed by atoms with Crippen molar-refractivity contribution in [1.82, 2.24) is 20.2 Å². The molecule has 0 unspecified atom stereocenters. The highest BCUT2D eigenvalue weighted by Crippen LogP contribution is 2.19. The Morgan fingerprint density at radius 3 is 2.81 bits per heavy atom. The first-order valence-electron chi connectivity index (χ1n) is 6.55. The van der Waals surface area contributed by atoms with Crippen molar-refractivity contribution in [2.75, 3.05) is 5.32 Å². The van der Waals surface area contributed by atoms with Gasteiger partial charge in [-0.05, 0) is 46.7 Å². The number of nitrogens with zero attached hydrogens (tertiary/aromatic N) is 4. The van der Waals surface area contributed by atoms with E-state index >= 15 is 0 Å². The summed E-state index contributed by atoms with van der Waals surface area (Å²) >= 11 is 0. The summed E-state index contributed by atoms with van der Waals surface area (Å²) in [7, 11) is 0. The standard InChI is InChI=1S/C15H14FN5/c1-11-4-2-3-5-12(11)9-17-15-8-13(6-7-14(15)16)21-10-18-19-20-21/h2-8,10,17H,9H2,1H3. The minimum Gasteiger partial charge on any atom is -0.379 e. The highest BCUT2D eigenvalue weighted by atomic mass is 19.1. The molecule has 21 heavy (non-hydrogen) atoms. The molecular weight excluding hydrogens is 269 g/mol. The van der Waals surface area contributed by atoms with Gasteiger partial charge in [-0.1, -0.05) is 24.3 Å². The molecule has 6 heteroatoms. The zero-order valence-corrected chi connectivity index (χ0v) is 11.5. The highest BCUT2D eigenvalue weighted by molar-refractivity contribution is 5.52. The second kappa shape index (κ2) is 5.70. The third kappa shape index (κ3) is 2.89. The van der Waals surface area contributed by atoms with Crippen LogP contribution in [0.5, 0.6) is 0 Å². The molecule has 1 N–H and O–H groups in total. The van der Waals surface area contributed by atoms with E-state index in [2.05, 4.69) is 20.8 Å². The number of rotatable bonds is 4. The minimum absolute atomic E-state index is 0.305. The zero-order chi connectivity index (χ0) is 14.7. The van der Waals surface area contributed by atoms with E-state index in [1.807, 2.05) is 31.2 Å². The topological polar surface area (TPSA) is 55.6 Å². The van der Waals surface area contributed by atoms with Gasteiger partial charge < -0.3 is 5.32 Å². The third-order valence-electron chi connectivity index (χ3n) is 3.29. The molecule has 0 aliphatic carbocycles. The van der Waals surface area contributed by atoms with Gasteiger partial charge in [0.15, 0.2) is 0 Å². The molecule has 3 aromatic rings. The number of benzene rings is 2.